The number of anilines is 1. The third-order valence-corrected chi connectivity index (χ3v) is 3.44. The molecule has 2 aromatic heterocycles. The molecule has 0 bridgehead atoms. The maximum Gasteiger partial charge on any atom is 0.322 e. The summed E-state index contributed by atoms with van der Waals surface area (Å²) in [6.45, 7) is 1.83. The molecule has 1 amide bonds. The smallest absolute Gasteiger partial charge is 0.322 e. The van der Waals surface area contributed by atoms with E-state index in [9.17, 15) is 13.6 Å². The van der Waals surface area contributed by atoms with Crippen molar-refractivity contribution in [3.8, 4) is 11.6 Å². The van der Waals surface area contributed by atoms with Gasteiger partial charge in [0.05, 0.1) is 5.01 Å². The Bertz CT molecular complexity index is 846. The van der Waals surface area contributed by atoms with Gasteiger partial charge in [0.25, 0.3) is 11.8 Å². The van der Waals surface area contributed by atoms with E-state index in [1.54, 1.807) is 5.38 Å². The van der Waals surface area contributed by atoms with Crippen LogP contribution < -0.4 is 5.32 Å². The molecule has 0 aliphatic carbocycles. The minimum Gasteiger partial charge on any atom is -0.401 e. The lowest BCUT2D eigenvalue weighted by atomic mass is 10.2. The van der Waals surface area contributed by atoms with E-state index in [0.29, 0.717) is 5.69 Å². The lowest BCUT2D eigenvalue weighted by Gasteiger charge is -2.00. The highest BCUT2D eigenvalue weighted by molar-refractivity contribution is 7.09. The van der Waals surface area contributed by atoms with Crippen LogP contribution in [0.5, 0.6) is 0 Å². The van der Waals surface area contributed by atoms with Crippen molar-refractivity contribution in [2.24, 2.45) is 0 Å². The molecular weight excluding hydrogens is 314 g/mol. The number of nitrogens with zero attached hydrogens (tertiary/aromatic N) is 3. The molecule has 0 saturated carbocycles. The van der Waals surface area contributed by atoms with Crippen LogP contribution in [-0.4, -0.2) is 21.1 Å². The van der Waals surface area contributed by atoms with E-state index in [2.05, 4.69) is 20.5 Å². The fourth-order valence-electron chi connectivity index (χ4n) is 1.65. The number of aryl methyl sites for hydroxylation is 1. The van der Waals surface area contributed by atoms with Gasteiger partial charge in [-0.1, -0.05) is 5.10 Å². The number of halogens is 2. The topological polar surface area (TPSA) is 80.9 Å². The van der Waals surface area contributed by atoms with Gasteiger partial charge in [-0.05, 0) is 25.1 Å². The normalized spacial score (nSPS) is 10.7. The second kappa shape index (κ2) is 5.60. The van der Waals surface area contributed by atoms with E-state index in [1.807, 2.05) is 6.92 Å². The van der Waals surface area contributed by atoms with E-state index in [0.717, 1.165) is 23.2 Å². The summed E-state index contributed by atoms with van der Waals surface area (Å²) in [6, 6.07) is 2.64. The predicted molar refractivity (Wildman–Crippen MR) is 74.5 cm³/mol. The highest BCUT2D eigenvalue weighted by Gasteiger charge is 2.15. The van der Waals surface area contributed by atoms with Crippen LogP contribution in [-0.2, 0) is 0 Å². The summed E-state index contributed by atoms with van der Waals surface area (Å²) in [5.74, 6) is -2.68. The summed E-state index contributed by atoms with van der Waals surface area (Å²) >= 11 is 1.42. The molecule has 0 aliphatic heterocycles. The standard InChI is InChI=1S/C13H8F2N4O2S/c1-6-16-10(5-22-6)12-18-19-13(21-12)17-11(20)7-2-3-8(14)9(15)4-7/h2-5H,1H3,(H,17,19,20). The van der Waals surface area contributed by atoms with Crippen molar-refractivity contribution in [3.63, 3.8) is 0 Å². The summed E-state index contributed by atoms with van der Waals surface area (Å²) in [7, 11) is 0. The lowest BCUT2D eigenvalue weighted by Crippen LogP contribution is -2.12. The number of rotatable bonds is 3. The first-order chi connectivity index (χ1) is 10.5. The first-order valence-corrected chi connectivity index (χ1v) is 6.93. The highest BCUT2D eigenvalue weighted by atomic mass is 32.1. The summed E-state index contributed by atoms with van der Waals surface area (Å²) in [6.07, 6.45) is 0. The van der Waals surface area contributed by atoms with Crippen molar-refractivity contribution in [2.45, 2.75) is 6.92 Å². The number of thiazole rings is 1. The second-order valence-corrected chi connectivity index (χ2v) is 5.31. The molecular formula is C13H8F2N4O2S. The minimum absolute atomic E-state index is 0.0665. The number of carbonyl (C=O) groups excluding carboxylic acids is 1. The van der Waals surface area contributed by atoms with Crippen molar-refractivity contribution in [1.29, 1.82) is 0 Å². The summed E-state index contributed by atoms with van der Waals surface area (Å²) in [5.41, 5.74) is 0.437. The number of nitrogens with one attached hydrogen (secondary N) is 1. The molecule has 1 aromatic carbocycles. The Balaban J connectivity index is 1.77. The molecule has 6 nitrogen and oxygen atoms in total. The van der Waals surface area contributed by atoms with Gasteiger partial charge in [-0.3, -0.25) is 10.1 Å². The Labute approximate surface area is 126 Å². The average Bonchev–Trinajstić information content (AvgIpc) is 3.10. The van der Waals surface area contributed by atoms with Gasteiger partial charge < -0.3 is 4.42 Å². The Kier molecular flexibility index (Phi) is 3.63. The third kappa shape index (κ3) is 2.84. The second-order valence-electron chi connectivity index (χ2n) is 4.25. The van der Waals surface area contributed by atoms with Crippen molar-refractivity contribution < 1.29 is 18.0 Å². The average molecular weight is 322 g/mol. The van der Waals surface area contributed by atoms with E-state index < -0.39 is 17.5 Å². The van der Waals surface area contributed by atoms with E-state index in [1.165, 1.54) is 11.3 Å². The highest BCUT2D eigenvalue weighted by Crippen LogP contribution is 2.22. The molecule has 0 radical (unpaired) electrons. The number of carbonyl (C=O) groups is 1. The molecule has 3 rings (SSSR count). The van der Waals surface area contributed by atoms with Crippen LogP contribution >= 0.6 is 11.3 Å². The molecule has 0 aliphatic rings. The van der Waals surface area contributed by atoms with E-state index >= 15 is 0 Å². The number of amides is 1. The Morgan fingerprint density at radius 2 is 2.09 bits per heavy atom. The molecule has 112 valence electrons. The minimum atomic E-state index is -1.11. The first kappa shape index (κ1) is 14.3. The van der Waals surface area contributed by atoms with Crippen molar-refractivity contribution in [2.75, 3.05) is 5.32 Å². The van der Waals surface area contributed by atoms with Gasteiger partial charge in [0.15, 0.2) is 11.6 Å². The zero-order chi connectivity index (χ0) is 15.7. The summed E-state index contributed by atoms with van der Waals surface area (Å²) in [5, 5.41) is 12.3. The van der Waals surface area contributed by atoms with Gasteiger partial charge in [0.1, 0.15) is 5.69 Å². The van der Waals surface area contributed by atoms with Crippen molar-refractivity contribution in [3.05, 3.63) is 45.8 Å². The number of hydrogen-bond acceptors (Lipinski definition) is 6. The van der Waals surface area contributed by atoms with Crippen LogP contribution in [0.15, 0.2) is 28.0 Å². The first-order valence-electron chi connectivity index (χ1n) is 6.05. The van der Waals surface area contributed by atoms with E-state index in [4.69, 9.17) is 4.42 Å². The lowest BCUT2D eigenvalue weighted by molar-refractivity contribution is 0.102. The SMILES string of the molecule is Cc1nc(-c2nnc(NC(=O)c3ccc(F)c(F)c3)o2)cs1. The molecule has 1 N–H and O–H groups in total. The van der Waals surface area contributed by atoms with Gasteiger partial charge in [-0.2, -0.15) is 0 Å². The van der Waals surface area contributed by atoms with Crippen LogP contribution in [0.4, 0.5) is 14.8 Å². The van der Waals surface area contributed by atoms with Gasteiger partial charge in [-0.15, -0.1) is 16.4 Å². The van der Waals surface area contributed by atoms with E-state index in [-0.39, 0.29) is 17.5 Å². The molecule has 0 unspecified atom stereocenters. The predicted octanol–water partition coefficient (Wildman–Crippen LogP) is 3.03. The molecule has 0 fully saturated rings. The quantitative estimate of drug-likeness (QED) is 0.801. The molecule has 0 saturated heterocycles. The Hall–Kier alpha value is -2.68. The van der Waals surface area contributed by atoms with Crippen LogP contribution in [0.2, 0.25) is 0 Å². The molecule has 0 atom stereocenters. The summed E-state index contributed by atoms with van der Waals surface area (Å²) < 4.78 is 31.2. The number of benzene rings is 1. The van der Waals surface area contributed by atoms with Gasteiger partial charge in [-0.25, -0.2) is 13.8 Å². The zero-order valence-corrected chi connectivity index (χ0v) is 11.9. The Morgan fingerprint density at radius 3 is 2.77 bits per heavy atom. The van der Waals surface area contributed by atoms with Gasteiger partial charge in [0, 0.05) is 10.9 Å². The maximum atomic E-state index is 13.1. The number of hydrogen-bond donors (Lipinski definition) is 1. The monoisotopic (exact) mass is 322 g/mol. The Morgan fingerprint density at radius 1 is 1.27 bits per heavy atom. The molecule has 0 spiro atoms. The third-order valence-electron chi connectivity index (χ3n) is 2.67. The fourth-order valence-corrected chi connectivity index (χ4v) is 2.23. The summed E-state index contributed by atoms with van der Waals surface area (Å²) in [4.78, 5) is 16.1. The van der Waals surface area contributed by atoms with Crippen LogP contribution in [0.3, 0.4) is 0 Å². The maximum absolute atomic E-state index is 13.1. The molecule has 9 heteroatoms. The van der Waals surface area contributed by atoms with Gasteiger partial charge in [0.2, 0.25) is 0 Å². The molecule has 2 heterocycles. The van der Waals surface area contributed by atoms with Gasteiger partial charge >= 0.3 is 6.01 Å². The van der Waals surface area contributed by atoms with Crippen molar-refractivity contribution in [1.82, 2.24) is 15.2 Å². The largest absolute Gasteiger partial charge is 0.401 e. The van der Waals surface area contributed by atoms with Crippen molar-refractivity contribution >= 4 is 23.3 Å². The zero-order valence-electron chi connectivity index (χ0n) is 11.1. The van der Waals surface area contributed by atoms with Crippen LogP contribution in [0.1, 0.15) is 15.4 Å². The number of aromatic nitrogens is 3. The fraction of sp³-hybridized carbons (Fsp3) is 0.0769. The molecule has 22 heavy (non-hydrogen) atoms. The van der Waals surface area contributed by atoms with Crippen LogP contribution in [0, 0.1) is 18.6 Å². The molecule has 3 aromatic rings. The van der Waals surface area contributed by atoms with Crippen LogP contribution in [0.25, 0.3) is 11.6 Å².